The van der Waals surface area contributed by atoms with Gasteiger partial charge < -0.3 is 5.11 Å². The second-order valence-electron chi connectivity index (χ2n) is 3.39. The number of halogens is 3. The Morgan fingerprint density at radius 2 is 2.06 bits per heavy atom. The summed E-state index contributed by atoms with van der Waals surface area (Å²) >= 11 is 0. The predicted molar refractivity (Wildman–Crippen MR) is 49.7 cm³/mol. The number of carbonyl (C=O) groups is 1. The summed E-state index contributed by atoms with van der Waals surface area (Å²) in [6.45, 7) is 1.54. The molecule has 17 heavy (non-hydrogen) atoms. The molecule has 0 atom stereocenters. The fourth-order valence-corrected chi connectivity index (χ4v) is 1.39. The first kappa shape index (κ1) is 11.4. The molecule has 2 heterocycles. The maximum absolute atomic E-state index is 12.5. The van der Waals surface area contributed by atoms with E-state index in [4.69, 9.17) is 5.11 Å². The van der Waals surface area contributed by atoms with Gasteiger partial charge in [-0.3, -0.25) is 0 Å². The molecular formula is C9H6F3N3O2. The molecule has 0 saturated heterocycles. The van der Waals surface area contributed by atoms with Crippen molar-refractivity contribution in [2.24, 2.45) is 0 Å². The van der Waals surface area contributed by atoms with Gasteiger partial charge in [0.25, 0.3) is 0 Å². The minimum absolute atomic E-state index is 0.144. The van der Waals surface area contributed by atoms with Crippen molar-refractivity contribution in [3.63, 3.8) is 0 Å². The number of aromatic nitrogens is 3. The Morgan fingerprint density at radius 3 is 2.59 bits per heavy atom. The summed E-state index contributed by atoms with van der Waals surface area (Å²) in [7, 11) is 0. The van der Waals surface area contributed by atoms with E-state index in [-0.39, 0.29) is 5.65 Å². The van der Waals surface area contributed by atoms with Crippen molar-refractivity contribution < 1.29 is 23.1 Å². The highest BCUT2D eigenvalue weighted by Gasteiger charge is 2.34. The van der Waals surface area contributed by atoms with E-state index in [0.717, 1.165) is 4.52 Å². The Bertz CT molecular complexity index is 603. The number of hydrogen-bond acceptors (Lipinski definition) is 3. The van der Waals surface area contributed by atoms with Gasteiger partial charge in [-0.05, 0) is 6.92 Å². The molecule has 0 bridgehead atoms. The molecule has 0 radical (unpaired) electrons. The van der Waals surface area contributed by atoms with Crippen molar-refractivity contribution in [1.29, 1.82) is 0 Å². The molecule has 0 unspecified atom stereocenters. The number of carboxylic acids is 1. The van der Waals surface area contributed by atoms with Crippen LogP contribution in [0.2, 0.25) is 0 Å². The molecule has 2 aromatic rings. The van der Waals surface area contributed by atoms with E-state index in [1.165, 1.54) is 13.0 Å². The van der Waals surface area contributed by atoms with Crippen LogP contribution >= 0.6 is 0 Å². The molecule has 0 aliphatic rings. The summed E-state index contributed by atoms with van der Waals surface area (Å²) < 4.78 is 38.3. The first-order valence-corrected chi connectivity index (χ1v) is 4.47. The fourth-order valence-electron chi connectivity index (χ4n) is 1.39. The normalized spacial score (nSPS) is 12.0. The van der Waals surface area contributed by atoms with Crippen LogP contribution in [0.3, 0.4) is 0 Å². The average Bonchev–Trinajstić information content (AvgIpc) is 2.54. The molecule has 5 nitrogen and oxygen atoms in total. The number of rotatable bonds is 1. The molecule has 90 valence electrons. The van der Waals surface area contributed by atoms with Crippen molar-refractivity contribution in [3.05, 3.63) is 29.2 Å². The van der Waals surface area contributed by atoms with Gasteiger partial charge in [-0.15, -0.1) is 0 Å². The number of hydrogen-bond donors (Lipinski definition) is 1. The van der Waals surface area contributed by atoms with Crippen molar-refractivity contribution >= 4 is 11.6 Å². The summed E-state index contributed by atoms with van der Waals surface area (Å²) in [5.74, 6) is -1.49. The van der Waals surface area contributed by atoms with Gasteiger partial charge in [0.2, 0.25) is 0 Å². The van der Waals surface area contributed by atoms with E-state index in [0.29, 0.717) is 11.8 Å². The van der Waals surface area contributed by atoms with Crippen LogP contribution in [0.1, 0.15) is 21.9 Å². The summed E-state index contributed by atoms with van der Waals surface area (Å²) in [6.07, 6.45) is -4.69. The molecule has 8 heteroatoms. The van der Waals surface area contributed by atoms with Crippen LogP contribution in [0.15, 0.2) is 12.1 Å². The zero-order chi connectivity index (χ0) is 12.8. The largest absolute Gasteiger partial charge is 0.477 e. The summed E-state index contributed by atoms with van der Waals surface area (Å²) in [5.41, 5.74) is -1.58. The zero-order valence-electron chi connectivity index (χ0n) is 8.49. The lowest BCUT2D eigenvalue weighted by atomic mass is 10.3. The van der Waals surface area contributed by atoms with Crippen LogP contribution in [0.5, 0.6) is 0 Å². The zero-order valence-corrected chi connectivity index (χ0v) is 8.49. The van der Waals surface area contributed by atoms with Crippen LogP contribution in [0.25, 0.3) is 5.65 Å². The third kappa shape index (κ3) is 1.93. The van der Waals surface area contributed by atoms with Gasteiger partial charge in [0.05, 0.1) is 5.69 Å². The molecule has 1 N–H and O–H groups in total. The Morgan fingerprint density at radius 1 is 1.41 bits per heavy atom. The van der Waals surface area contributed by atoms with E-state index >= 15 is 0 Å². The fraction of sp³-hybridized carbons (Fsp3) is 0.222. The quantitative estimate of drug-likeness (QED) is 0.831. The number of fused-ring (bicyclic) bond motifs is 1. The molecular weight excluding hydrogens is 239 g/mol. The number of carboxylic acid groups (broad SMARTS) is 1. The first-order valence-electron chi connectivity index (χ1n) is 4.47. The number of nitrogens with zero attached hydrogens (tertiary/aromatic N) is 3. The molecule has 0 saturated carbocycles. The Labute approximate surface area is 92.5 Å². The van der Waals surface area contributed by atoms with E-state index in [2.05, 4.69) is 10.1 Å². The van der Waals surface area contributed by atoms with Crippen LogP contribution in [0, 0.1) is 6.92 Å². The summed E-state index contributed by atoms with van der Waals surface area (Å²) in [6, 6.07) is 1.74. The van der Waals surface area contributed by atoms with Crippen LogP contribution in [-0.2, 0) is 6.18 Å². The number of alkyl halides is 3. The highest BCUT2D eigenvalue weighted by Crippen LogP contribution is 2.28. The van der Waals surface area contributed by atoms with Crippen LogP contribution in [0.4, 0.5) is 13.2 Å². The van der Waals surface area contributed by atoms with Crippen molar-refractivity contribution in [3.8, 4) is 0 Å². The molecule has 0 aromatic carbocycles. The highest BCUT2D eigenvalue weighted by atomic mass is 19.4. The maximum Gasteiger partial charge on any atom is 0.433 e. The maximum atomic E-state index is 12.5. The molecule has 0 aliphatic heterocycles. The van der Waals surface area contributed by atoms with Crippen molar-refractivity contribution in [2.75, 3.05) is 0 Å². The van der Waals surface area contributed by atoms with E-state index < -0.39 is 23.5 Å². The van der Waals surface area contributed by atoms with Crippen molar-refractivity contribution in [2.45, 2.75) is 13.1 Å². The Hall–Kier alpha value is -2.12. The van der Waals surface area contributed by atoms with Crippen LogP contribution < -0.4 is 0 Å². The number of aromatic carboxylic acids is 1. The van der Waals surface area contributed by atoms with Gasteiger partial charge in [-0.1, -0.05) is 0 Å². The predicted octanol–water partition coefficient (Wildman–Crippen LogP) is 1.75. The van der Waals surface area contributed by atoms with E-state index in [1.807, 2.05) is 0 Å². The second kappa shape index (κ2) is 3.44. The Kier molecular flexibility index (Phi) is 2.30. The minimum atomic E-state index is -4.69. The smallest absolute Gasteiger partial charge is 0.433 e. The summed E-state index contributed by atoms with van der Waals surface area (Å²) in [5, 5.41) is 12.6. The molecule has 2 rings (SSSR count). The van der Waals surface area contributed by atoms with E-state index in [1.54, 1.807) is 0 Å². The topological polar surface area (TPSA) is 67.5 Å². The third-order valence-corrected chi connectivity index (χ3v) is 2.06. The number of aryl methyl sites for hydroxylation is 1. The van der Waals surface area contributed by atoms with Gasteiger partial charge in [-0.25, -0.2) is 14.3 Å². The average molecular weight is 245 g/mol. The molecule has 0 fully saturated rings. The standard InChI is InChI=1S/C9H6F3N3O2/c1-4-2-7-13-6(9(10,11)12)3-5(8(16)17)15(7)14-4/h2-3H,1H3,(H,16,17). The minimum Gasteiger partial charge on any atom is -0.477 e. The Balaban J connectivity index is 2.80. The van der Waals surface area contributed by atoms with Gasteiger partial charge in [0.1, 0.15) is 5.69 Å². The van der Waals surface area contributed by atoms with E-state index in [9.17, 15) is 18.0 Å². The highest BCUT2D eigenvalue weighted by molar-refractivity contribution is 5.86. The van der Waals surface area contributed by atoms with Gasteiger partial charge in [0.15, 0.2) is 11.3 Å². The lowest BCUT2D eigenvalue weighted by Crippen LogP contribution is -2.14. The van der Waals surface area contributed by atoms with Gasteiger partial charge in [0, 0.05) is 12.1 Å². The van der Waals surface area contributed by atoms with Gasteiger partial charge in [-0.2, -0.15) is 18.3 Å². The van der Waals surface area contributed by atoms with Crippen LogP contribution in [-0.4, -0.2) is 25.7 Å². The monoisotopic (exact) mass is 245 g/mol. The van der Waals surface area contributed by atoms with Crippen molar-refractivity contribution in [1.82, 2.24) is 14.6 Å². The van der Waals surface area contributed by atoms with Gasteiger partial charge >= 0.3 is 12.1 Å². The lowest BCUT2D eigenvalue weighted by molar-refractivity contribution is -0.141. The molecule has 2 aromatic heterocycles. The molecule has 0 amide bonds. The third-order valence-electron chi connectivity index (χ3n) is 2.06. The summed E-state index contributed by atoms with van der Waals surface area (Å²) in [4.78, 5) is 14.2. The lowest BCUT2D eigenvalue weighted by Gasteiger charge is -2.07. The second-order valence-corrected chi connectivity index (χ2v) is 3.39. The molecule has 0 aliphatic carbocycles. The molecule has 0 spiro atoms. The SMILES string of the molecule is Cc1cc2nc(C(F)(F)F)cc(C(=O)O)n2n1. The first-order chi connectivity index (χ1) is 7.79.